The van der Waals surface area contributed by atoms with E-state index in [0.717, 1.165) is 35.4 Å². The topological polar surface area (TPSA) is 107 Å². The summed E-state index contributed by atoms with van der Waals surface area (Å²) in [5, 5.41) is 11.1. The Balaban J connectivity index is 1.28. The maximum absolute atomic E-state index is 12.5. The van der Waals surface area contributed by atoms with Gasteiger partial charge in [-0.3, -0.25) is 9.78 Å². The maximum Gasteiger partial charge on any atom is 0.248 e. The van der Waals surface area contributed by atoms with Crippen molar-refractivity contribution >= 4 is 22.8 Å². The zero-order valence-corrected chi connectivity index (χ0v) is 17.9. The first-order valence-corrected chi connectivity index (χ1v) is 10.4. The number of anilines is 1. The molecule has 0 spiro atoms. The third-order valence-corrected chi connectivity index (χ3v) is 5.54. The fraction of sp³-hybridized carbons (Fsp3) is 0.455. The largest absolute Gasteiger partial charge is 0.386 e. The second-order valence-corrected chi connectivity index (χ2v) is 8.26. The molecule has 0 aliphatic carbocycles. The molecule has 1 aliphatic heterocycles. The molecule has 0 radical (unpaired) electrons. The summed E-state index contributed by atoms with van der Waals surface area (Å²) in [6, 6.07) is 5.99. The summed E-state index contributed by atoms with van der Waals surface area (Å²) in [6.45, 7) is 3.61. The van der Waals surface area contributed by atoms with Crippen LogP contribution < -0.4 is 4.90 Å². The number of carbonyl (C=O) groups excluding carboxylic acids is 1. The minimum Gasteiger partial charge on any atom is -0.386 e. The molecule has 1 aromatic carbocycles. The number of likely N-dealkylation sites (N-methyl/N-ethyl adjacent to an activating group) is 1. The number of nitrogens with one attached hydrogen (secondary N) is 1. The number of benzene rings is 1. The van der Waals surface area contributed by atoms with Gasteiger partial charge in [0.05, 0.1) is 29.4 Å². The van der Waals surface area contributed by atoms with Crippen LogP contribution in [-0.4, -0.2) is 74.7 Å². The number of hydrogen-bond donors (Lipinski definition) is 2. The van der Waals surface area contributed by atoms with E-state index in [1.165, 1.54) is 4.90 Å². The molecule has 4 rings (SSSR count). The first-order chi connectivity index (χ1) is 14.9. The van der Waals surface area contributed by atoms with Gasteiger partial charge in [-0.1, -0.05) is 6.07 Å². The number of imidazole rings is 1. The van der Waals surface area contributed by atoms with Crippen molar-refractivity contribution in [2.45, 2.75) is 32.0 Å². The molecular weight excluding hydrogens is 396 g/mol. The lowest BCUT2D eigenvalue weighted by Gasteiger charge is -2.41. The fourth-order valence-electron chi connectivity index (χ4n) is 4.01. The van der Waals surface area contributed by atoms with E-state index in [1.807, 2.05) is 30.0 Å². The number of aromatic amines is 1. The van der Waals surface area contributed by atoms with Crippen LogP contribution in [0.2, 0.25) is 0 Å². The van der Waals surface area contributed by atoms with Gasteiger partial charge in [0.15, 0.2) is 0 Å². The highest BCUT2D eigenvalue weighted by Gasteiger charge is 2.36. The lowest BCUT2D eigenvalue weighted by molar-refractivity contribution is -0.138. The molecule has 3 aromatic rings. The summed E-state index contributed by atoms with van der Waals surface area (Å²) in [7, 11) is 1.69. The summed E-state index contributed by atoms with van der Waals surface area (Å²) >= 11 is 0. The molecule has 1 unspecified atom stereocenters. The first-order valence-electron chi connectivity index (χ1n) is 10.4. The number of ether oxygens (including phenoxy) is 1. The number of rotatable bonds is 7. The number of amides is 1. The first kappa shape index (κ1) is 21.2. The Kier molecular flexibility index (Phi) is 6.15. The van der Waals surface area contributed by atoms with Crippen LogP contribution in [0.1, 0.15) is 24.2 Å². The van der Waals surface area contributed by atoms with Crippen molar-refractivity contribution < 1.29 is 14.6 Å². The second kappa shape index (κ2) is 8.99. The standard InChI is InChI=1S/C22H28N6O3/c1-16-4-5-17-18(10-16)26-19(25-17)12-31-13-21(29)27(2)14-22(30)6-3-9-28(15-22)20-11-23-7-8-24-20/h4-5,7-8,10-11,30H,3,6,9,12-15H2,1-2H3,(H,25,26). The second-order valence-electron chi connectivity index (χ2n) is 8.26. The van der Waals surface area contributed by atoms with Gasteiger partial charge in [0.2, 0.25) is 5.91 Å². The number of piperidine rings is 1. The van der Waals surface area contributed by atoms with Crippen molar-refractivity contribution in [2.24, 2.45) is 0 Å². The molecule has 0 saturated carbocycles. The molecule has 9 nitrogen and oxygen atoms in total. The van der Waals surface area contributed by atoms with Crippen molar-refractivity contribution in [3.8, 4) is 0 Å². The third kappa shape index (κ3) is 5.18. The Morgan fingerprint density at radius 1 is 1.39 bits per heavy atom. The number of aryl methyl sites for hydroxylation is 1. The van der Waals surface area contributed by atoms with E-state index in [1.54, 1.807) is 25.6 Å². The fourth-order valence-corrected chi connectivity index (χ4v) is 4.01. The zero-order chi connectivity index (χ0) is 21.8. The molecule has 31 heavy (non-hydrogen) atoms. The lowest BCUT2D eigenvalue weighted by atomic mass is 9.92. The number of aliphatic hydroxyl groups is 1. The van der Waals surface area contributed by atoms with Crippen LogP contribution in [0.4, 0.5) is 5.82 Å². The number of β-amino-alcohol motifs (C(OH)–C–C–N with tert-alkyl or cyclic N) is 1. The Hall–Kier alpha value is -3.04. The molecule has 1 aliphatic rings. The smallest absolute Gasteiger partial charge is 0.248 e. The SMILES string of the molecule is Cc1ccc2nc(COCC(=O)N(C)CC3(O)CCCN(c4cnccn4)C3)[nH]c2c1. The Labute approximate surface area is 181 Å². The normalized spacial score (nSPS) is 19.0. The molecule has 1 fully saturated rings. The Morgan fingerprint density at radius 3 is 3.06 bits per heavy atom. The predicted molar refractivity (Wildman–Crippen MR) is 117 cm³/mol. The molecule has 164 valence electrons. The zero-order valence-electron chi connectivity index (χ0n) is 17.9. The summed E-state index contributed by atoms with van der Waals surface area (Å²) in [6.07, 6.45) is 6.39. The van der Waals surface area contributed by atoms with Crippen LogP contribution in [0.25, 0.3) is 11.0 Å². The van der Waals surface area contributed by atoms with Crippen LogP contribution in [0.3, 0.4) is 0 Å². The van der Waals surface area contributed by atoms with Gasteiger partial charge in [-0.2, -0.15) is 0 Å². The van der Waals surface area contributed by atoms with Crippen LogP contribution >= 0.6 is 0 Å². The molecule has 1 atom stereocenters. The van der Waals surface area contributed by atoms with E-state index in [9.17, 15) is 9.90 Å². The van der Waals surface area contributed by atoms with Gasteiger partial charge in [-0.05, 0) is 37.5 Å². The molecule has 3 heterocycles. The van der Waals surface area contributed by atoms with E-state index < -0.39 is 5.60 Å². The highest BCUT2D eigenvalue weighted by Crippen LogP contribution is 2.25. The maximum atomic E-state index is 12.5. The van der Waals surface area contributed by atoms with E-state index in [-0.39, 0.29) is 25.7 Å². The summed E-state index contributed by atoms with van der Waals surface area (Å²) in [5.74, 6) is 1.23. The molecular formula is C22H28N6O3. The molecule has 2 N–H and O–H groups in total. The van der Waals surface area contributed by atoms with E-state index in [2.05, 4.69) is 19.9 Å². The van der Waals surface area contributed by atoms with Gasteiger partial charge in [0.1, 0.15) is 24.9 Å². The average Bonchev–Trinajstić information content (AvgIpc) is 3.15. The van der Waals surface area contributed by atoms with Crippen molar-refractivity contribution in [3.05, 3.63) is 48.2 Å². The van der Waals surface area contributed by atoms with Gasteiger partial charge in [0, 0.05) is 32.5 Å². The predicted octanol–water partition coefficient (Wildman–Crippen LogP) is 1.67. The number of hydrogen-bond acceptors (Lipinski definition) is 7. The van der Waals surface area contributed by atoms with Gasteiger partial charge in [-0.25, -0.2) is 9.97 Å². The van der Waals surface area contributed by atoms with Crippen molar-refractivity contribution in [1.29, 1.82) is 0 Å². The number of carbonyl (C=O) groups is 1. The van der Waals surface area contributed by atoms with Crippen molar-refractivity contribution in [1.82, 2.24) is 24.8 Å². The molecule has 0 bridgehead atoms. The van der Waals surface area contributed by atoms with Crippen LogP contribution in [0, 0.1) is 6.92 Å². The molecule has 1 saturated heterocycles. The number of H-pyrrole nitrogens is 1. The number of nitrogens with zero attached hydrogens (tertiary/aromatic N) is 5. The Bertz CT molecular complexity index is 1040. The minimum atomic E-state index is -1.00. The minimum absolute atomic E-state index is 0.0729. The van der Waals surface area contributed by atoms with Crippen molar-refractivity contribution in [3.63, 3.8) is 0 Å². The third-order valence-electron chi connectivity index (χ3n) is 5.54. The van der Waals surface area contributed by atoms with Crippen LogP contribution in [0.5, 0.6) is 0 Å². The van der Waals surface area contributed by atoms with E-state index in [4.69, 9.17) is 4.74 Å². The van der Waals surface area contributed by atoms with E-state index >= 15 is 0 Å². The summed E-state index contributed by atoms with van der Waals surface area (Å²) in [5.41, 5.74) is 1.98. The summed E-state index contributed by atoms with van der Waals surface area (Å²) in [4.78, 5) is 32.2. The van der Waals surface area contributed by atoms with Gasteiger partial charge < -0.3 is 24.6 Å². The van der Waals surface area contributed by atoms with Gasteiger partial charge in [-0.15, -0.1) is 0 Å². The monoisotopic (exact) mass is 424 g/mol. The summed E-state index contributed by atoms with van der Waals surface area (Å²) < 4.78 is 5.58. The Morgan fingerprint density at radius 2 is 2.26 bits per heavy atom. The van der Waals surface area contributed by atoms with Crippen molar-refractivity contribution in [2.75, 3.05) is 38.2 Å². The lowest BCUT2D eigenvalue weighted by Crippen LogP contribution is -2.55. The highest BCUT2D eigenvalue weighted by atomic mass is 16.5. The number of aromatic nitrogens is 4. The van der Waals surface area contributed by atoms with Crippen LogP contribution in [-0.2, 0) is 16.1 Å². The molecule has 2 aromatic heterocycles. The van der Waals surface area contributed by atoms with Crippen LogP contribution in [0.15, 0.2) is 36.8 Å². The molecule has 1 amide bonds. The highest BCUT2D eigenvalue weighted by molar-refractivity contribution is 5.77. The van der Waals surface area contributed by atoms with Gasteiger partial charge >= 0.3 is 0 Å². The number of fused-ring (bicyclic) bond motifs is 1. The van der Waals surface area contributed by atoms with Gasteiger partial charge in [0.25, 0.3) is 0 Å². The molecule has 9 heteroatoms. The quantitative estimate of drug-likeness (QED) is 0.594. The van der Waals surface area contributed by atoms with E-state index in [0.29, 0.717) is 18.8 Å². The average molecular weight is 425 g/mol.